The Hall–Kier alpha value is -2.68. The van der Waals surface area contributed by atoms with Gasteiger partial charge in [0.05, 0.1) is 7.11 Å². The number of benzene rings is 1. The molecule has 1 aromatic carbocycles. The van der Waals surface area contributed by atoms with Crippen molar-refractivity contribution in [2.75, 3.05) is 12.8 Å². The van der Waals surface area contributed by atoms with E-state index in [2.05, 4.69) is 9.68 Å². The fraction of sp³-hybridized carbons (Fsp3) is 0.167. The molecule has 0 saturated carbocycles. The number of aromatic nitrogens is 1. The molecule has 2 N–H and O–H groups in total. The van der Waals surface area contributed by atoms with E-state index in [-0.39, 0.29) is 23.9 Å². The lowest BCUT2D eigenvalue weighted by Crippen LogP contribution is -1.99. The zero-order chi connectivity index (χ0) is 13.0. The number of anilines is 1. The van der Waals surface area contributed by atoms with Gasteiger partial charge >= 0.3 is 0 Å². The number of ether oxygens (including phenoxy) is 2. The quantitative estimate of drug-likeness (QED) is 0.881. The van der Waals surface area contributed by atoms with Gasteiger partial charge in [0, 0.05) is 5.56 Å². The highest BCUT2D eigenvalue weighted by molar-refractivity contribution is 5.51. The lowest BCUT2D eigenvalue weighted by molar-refractivity contribution is 0.265. The highest BCUT2D eigenvalue weighted by Gasteiger charge is 2.15. The molecule has 0 amide bonds. The van der Waals surface area contributed by atoms with Crippen LogP contribution in [0.3, 0.4) is 0 Å². The van der Waals surface area contributed by atoms with E-state index in [1.165, 1.54) is 0 Å². The third kappa shape index (κ3) is 2.20. The average Bonchev–Trinajstić information content (AvgIpc) is 2.77. The topological polar surface area (TPSA) is 94.3 Å². The Kier molecular flexibility index (Phi) is 3.34. The summed E-state index contributed by atoms with van der Waals surface area (Å²) in [6.45, 7) is 0.213. The summed E-state index contributed by atoms with van der Waals surface area (Å²) in [5.74, 6) is 0.737. The highest BCUT2D eigenvalue weighted by atomic mass is 16.5. The van der Waals surface area contributed by atoms with Gasteiger partial charge in [-0.3, -0.25) is 0 Å². The van der Waals surface area contributed by atoms with Crippen LogP contribution in [0.25, 0.3) is 0 Å². The maximum absolute atomic E-state index is 8.85. The molecule has 6 nitrogen and oxygen atoms in total. The molecule has 18 heavy (non-hydrogen) atoms. The number of hydrogen-bond acceptors (Lipinski definition) is 6. The summed E-state index contributed by atoms with van der Waals surface area (Å²) in [7, 11) is 1.58. The maximum Gasteiger partial charge on any atom is 0.275 e. The fourth-order valence-electron chi connectivity index (χ4n) is 1.46. The highest BCUT2D eigenvalue weighted by Crippen LogP contribution is 2.24. The molecule has 2 aromatic rings. The van der Waals surface area contributed by atoms with Crippen molar-refractivity contribution in [1.82, 2.24) is 5.16 Å². The lowest BCUT2D eigenvalue weighted by atomic mass is 10.2. The van der Waals surface area contributed by atoms with Crippen LogP contribution in [0.4, 0.5) is 5.88 Å². The van der Waals surface area contributed by atoms with E-state index in [1.54, 1.807) is 7.11 Å². The Morgan fingerprint density at radius 1 is 1.44 bits per heavy atom. The number of hydrogen-bond donors (Lipinski definition) is 1. The molecule has 0 unspecified atom stereocenters. The zero-order valence-electron chi connectivity index (χ0n) is 9.71. The number of methoxy groups -OCH3 is 1. The van der Waals surface area contributed by atoms with Crippen LogP contribution in [0, 0.1) is 11.3 Å². The molecule has 0 aliphatic rings. The van der Waals surface area contributed by atoms with E-state index in [4.69, 9.17) is 20.5 Å². The molecule has 0 aliphatic heterocycles. The van der Waals surface area contributed by atoms with E-state index >= 15 is 0 Å². The number of nitrogen functional groups attached to an aromatic ring is 1. The van der Waals surface area contributed by atoms with Crippen LogP contribution in [0.15, 0.2) is 28.8 Å². The number of para-hydroxylation sites is 1. The van der Waals surface area contributed by atoms with Crippen molar-refractivity contribution < 1.29 is 14.0 Å². The summed E-state index contributed by atoms with van der Waals surface area (Å²) in [6.07, 6.45) is 0. The minimum atomic E-state index is -0.0486. The van der Waals surface area contributed by atoms with Crippen molar-refractivity contribution in [1.29, 1.82) is 5.26 Å². The first-order chi connectivity index (χ1) is 8.76. The Balaban J connectivity index is 2.14. The van der Waals surface area contributed by atoms with Crippen LogP contribution in [0.5, 0.6) is 11.6 Å². The molecule has 0 saturated heterocycles. The minimum Gasteiger partial charge on any atom is -0.496 e. The maximum atomic E-state index is 8.85. The predicted octanol–water partition coefficient (Wildman–Crippen LogP) is 1.72. The summed E-state index contributed by atoms with van der Waals surface area (Å²) in [5.41, 5.74) is 6.36. The van der Waals surface area contributed by atoms with Crippen LogP contribution in [-0.2, 0) is 6.61 Å². The Labute approximate surface area is 104 Å². The second-order valence-corrected chi connectivity index (χ2v) is 3.44. The normalized spacial score (nSPS) is 9.78. The Morgan fingerprint density at radius 2 is 2.22 bits per heavy atom. The van der Waals surface area contributed by atoms with Gasteiger partial charge in [-0.1, -0.05) is 18.2 Å². The second kappa shape index (κ2) is 5.10. The van der Waals surface area contributed by atoms with Gasteiger partial charge in [-0.25, -0.2) is 0 Å². The molecule has 0 bridgehead atoms. The van der Waals surface area contributed by atoms with Crippen LogP contribution >= 0.6 is 0 Å². The van der Waals surface area contributed by atoms with E-state index in [1.807, 2.05) is 30.3 Å². The smallest absolute Gasteiger partial charge is 0.275 e. The van der Waals surface area contributed by atoms with Crippen molar-refractivity contribution >= 4 is 5.88 Å². The summed E-state index contributed by atoms with van der Waals surface area (Å²) in [4.78, 5) is 0. The molecule has 1 heterocycles. The SMILES string of the molecule is COc1ccccc1COc1noc(N)c1C#N. The monoisotopic (exact) mass is 245 g/mol. The summed E-state index contributed by atoms with van der Waals surface area (Å²) < 4.78 is 15.3. The Bertz CT molecular complexity index is 586. The molecule has 0 atom stereocenters. The zero-order valence-corrected chi connectivity index (χ0v) is 9.71. The molecule has 0 fully saturated rings. The number of nitriles is 1. The fourth-order valence-corrected chi connectivity index (χ4v) is 1.46. The molecule has 1 aromatic heterocycles. The average molecular weight is 245 g/mol. The predicted molar refractivity (Wildman–Crippen MR) is 63.0 cm³/mol. The molecule has 0 radical (unpaired) electrons. The summed E-state index contributed by atoms with van der Waals surface area (Å²) >= 11 is 0. The molecule has 0 spiro atoms. The van der Waals surface area contributed by atoms with Gasteiger partial charge in [-0.15, -0.1) is 0 Å². The summed E-state index contributed by atoms with van der Waals surface area (Å²) in [5, 5.41) is 12.4. The summed E-state index contributed by atoms with van der Waals surface area (Å²) in [6, 6.07) is 9.27. The van der Waals surface area contributed by atoms with Crippen LogP contribution in [0.2, 0.25) is 0 Å². The van der Waals surface area contributed by atoms with Crippen molar-refractivity contribution in [2.24, 2.45) is 0 Å². The molecule has 0 aliphatic carbocycles. The van der Waals surface area contributed by atoms with Gasteiger partial charge in [0.25, 0.3) is 5.88 Å². The van der Waals surface area contributed by atoms with Crippen molar-refractivity contribution in [3.05, 3.63) is 35.4 Å². The molecular formula is C12H11N3O3. The molecule has 2 rings (SSSR count). The number of nitrogens with two attached hydrogens (primary N) is 1. The molecular weight excluding hydrogens is 234 g/mol. The van der Waals surface area contributed by atoms with Crippen molar-refractivity contribution in [3.63, 3.8) is 0 Å². The van der Waals surface area contributed by atoms with Crippen molar-refractivity contribution in [2.45, 2.75) is 6.61 Å². The first kappa shape index (κ1) is 11.8. The van der Waals surface area contributed by atoms with E-state index in [0.29, 0.717) is 5.75 Å². The largest absolute Gasteiger partial charge is 0.496 e. The van der Waals surface area contributed by atoms with Gasteiger partial charge in [0.2, 0.25) is 5.88 Å². The van der Waals surface area contributed by atoms with Crippen molar-refractivity contribution in [3.8, 4) is 17.7 Å². The lowest BCUT2D eigenvalue weighted by Gasteiger charge is -2.07. The van der Waals surface area contributed by atoms with Gasteiger partial charge in [0.15, 0.2) is 5.56 Å². The second-order valence-electron chi connectivity index (χ2n) is 3.44. The van der Waals surface area contributed by atoms with Gasteiger partial charge in [-0.05, 0) is 11.2 Å². The van der Waals surface area contributed by atoms with Gasteiger partial charge < -0.3 is 19.7 Å². The van der Waals surface area contributed by atoms with E-state index < -0.39 is 0 Å². The van der Waals surface area contributed by atoms with E-state index in [0.717, 1.165) is 5.56 Å². The first-order valence-electron chi connectivity index (χ1n) is 5.16. The van der Waals surface area contributed by atoms with Crippen LogP contribution in [-0.4, -0.2) is 12.3 Å². The number of nitrogens with zero attached hydrogens (tertiary/aromatic N) is 2. The standard InChI is InChI=1S/C12H11N3O3/c1-16-10-5-3-2-4-8(10)7-17-12-9(6-13)11(14)18-15-12/h2-5H,7,14H2,1H3. The van der Waals surface area contributed by atoms with E-state index in [9.17, 15) is 0 Å². The minimum absolute atomic E-state index is 0.0486. The Morgan fingerprint density at radius 3 is 2.94 bits per heavy atom. The third-order valence-corrected chi connectivity index (χ3v) is 2.36. The van der Waals surface area contributed by atoms with Crippen LogP contribution in [0.1, 0.15) is 11.1 Å². The van der Waals surface area contributed by atoms with Crippen LogP contribution < -0.4 is 15.2 Å². The molecule has 92 valence electrons. The number of rotatable bonds is 4. The van der Waals surface area contributed by atoms with Gasteiger partial charge in [0.1, 0.15) is 18.4 Å². The van der Waals surface area contributed by atoms with Gasteiger partial charge in [-0.2, -0.15) is 5.26 Å². The first-order valence-corrected chi connectivity index (χ1v) is 5.16. The molecule has 6 heteroatoms. The third-order valence-electron chi connectivity index (χ3n) is 2.36.